The summed E-state index contributed by atoms with van der Waals surface area (Å²) >= 11 is 3.62. The van der Waals surface area contributed by atoms with Crippen LogP contribution in [-0.2, 0) is 20.0 Å². The van der Waals surface area contributed by atoms with Gasteiger partial charge in [-0.2, -0.15) is 0 Å². The van der Waals surface area contributed by atoms with E-state index in [1.165, 1.54) is 16.6 Å². The van der Waals surface area contributed by atoms with E-state index in [1.807, 2.05) is 48.5 Å². The van der Waals surface area contributed by atoms with E-state index in [0.717, 1.165) is 39.4 Å². The molecule has 5 heteroatoms. The van der Waals surface area contributed by atoms with E-state index in [0.29, 0.717) is 6.54 Å². The minimum atomic E-state index is 0.103. The van der Waals surface area contributed by atoms with Crippen LogP contribution in [0.3, 0.4) is 0 Å². The van der Waals surface area contributed by atoms with Crippen molar-refractivity contribution in [2.24, 2.45) is 7.05 Å². The second-order valence-electron chi connectivity index (χ2n) is 6.92. The summed E-state index contributed by atoms with van der Waals surface area (Å²) < 4.78 is 3.14. The quantitative estimate of drug-likeness (QED) is 0.491. The highest BCUT2D eigenvalue weighted by molar-refractivity contribution is 9.10. The molecule has 0 saturated heterocycles. The van der Waals surface area contributed by atoms with Crippen molar-refractivity contribution in [3.8, 4) is 0 Å². The normalized spacial score (nSPS) is 14.2. The van der Waals surface area contributed by atoms with Crippen LogP contribution >= 0.6 is 15.9 Å². The standard InChI is InChI=1S/C21H18BrN3O/c1-24-9-7-13-11-14(5-6-19(13)24)21(26)25-10-8-18-16(12-25)15-3-2-4-17(22)20(15)23-18/h2-7,9,11,23H,8,10,12H2,1H3. The molecule has 0 spiro atoms. The van der Waals surface area contributed by atoms with Crippen molar-refractivity contribution in [2.75, 3.05) is 6.54 Å². The van der Waals surface area contributed by atoms with E-state index in [-0.39, 0.29) is 5.91 Å². The average molecular weight is 408 g/mol. The summed E-state index contributed by atoms with van der Waals surface area (Å²) in [5.41, 5.74) is 5.51. The van der Waals surface area contributed by atoms with Gasteiger partial charge in [0, 0.05) is 70.3 Å². The maximum absolute atomic E-state index is 13.1. The first-order valence-corrected chi connectivity index (χ1v) is 9.53. The molecule has 4 aromatic rings. The predicted octanol–water partition coefficient (Wildman–Crippen LogP) is 4.62. The SMILES string of the molecule is Cn1ccc2cc(C(=O)N3CCc4[nH]c5c(Br)cccc5c4C3)ccc21. The van der Waals surface area contributed by atoms with Gasteiger partial charge in [-0.05, 0) is 46.3 Å². The second kappa shape index (κ2) is 5.74. The van der Waals surface area contributed by atoms with Gasteiger partial charge in [-0.1, -0.05) is 12.1 Å². The third-order valence-electron chi connectivity index (χ3n) is 5.38. The molecule has 0 unspecified atom stereocenters. The number of carbonyl (C=O) groups is 1. The van der Waals surface area contributed by atoms with Gasteiger partial charge in [-0.3, -0.25) is 4.79 Å². The second-order valence-corrected chi connectivity index (χ2v) is 7.78. The number of fused-ring (bicyclic) bond motifs is 4. The summed E-state index contributed by atoms with van der Waals surface area (Å²) in [4.78, 5) is 18.6. The Morgan fingerprint density at radius 2 is 2.08 bits per heavy atom. The third kappa shape index (κ3) is 2.31. The number of H-pyrrole nitrogens is 1. The Hall–Kier alpha value is -2.53. The lowest BCUT2D eigenvalue weighted by Crippen LogP contribution is -2.35. The van der Waals surface area contributed by atoms with Crippen molar-refractivity contribution in [3.63, 3.8) is 0 Å². The van der Waals surface area contributed by atoms with Crippen LogP contribution in [0.1, 0.15) is 21.6 Å². The molecule has 5 rings (SSSR count). The maximum atomic E-state index is 13.1. The van der Waals surface area contributed by atoms with Crippen LogP contribution in [0.4, 0.5) is 0 Å². The number of nitrogens with one attached hydrogen (secondary N) is 1. The van der Waals surface area contributed by atoms with Crippen molar-refractivity contribution in [1.29, 1.82) is 0 Å². The molecule has 0 fully saturated rings. The Balaban J connectivity index is 1.50. The Morgan fingerprint density at radius 3 is 2.96 bits per heavy atom. The fourth-order valence-corrected chi connectivity index (χ4v) is 4.44. The number of nitrogens with zero attached hydrogens (tertiary/aromatic N) is 2. The van der Waals surface area contributed by atoms with Gasteiger partial charge in [-0.25, -0.2) is 0 Å². The van der Waals surface area contributed by atoms with Gasteiger partial charge in [0.2, 0.25) is 0 Å². The molecule has 1 N–H and O–H groups in total. The summed E-state index contributed by atoms with van der Waals surface area (Å²) in [6.07, 6.45) is 2.88. The van der Waals surface area contributed by atoms with Gasteiger partial charge in [0.05, 0.1) is 5.52 Å². The lowest BCUT2D eigenvalue weighted by Gasteiger charge is -2.27. The van der Waals surface area contributed by atoms with Crippen LogP contribution < -0.4 is 0 Å². The Labute approximate surface area is 159 Å². The lowest BCUT2D eigenvalue weighted by molar-refractivity contribution is 0.0735. The number of hydrogen-bond donors (Lipinski definition) is 1. The molecule has 3 heterocycles. The van der Waals surface area contributed by atoms with Crippen LogP contribution in [0.5, 0.6) is 0 Å². The summed E-state index contributed by atoms with van der Waals surface area (Å²) in [5.74, 6) is 0.103. The number of benzene rings is 2. The zero-order chi connectivity index (χ0) is 17.8. The van der Waals surface area contributed by atoms with E-state index < -0.39 is 0 Å². The summed E-state index contributed by atoms with van der Waals surface area (Å²) in [7, 11) is 2.02. The highest BCUT2D eigenvalue weighted by Gasteiger charge is 2.25. The molecule has 2 aromatic heterocycles. The number of amides is 1. The fourth-order valence-electron chi connectivity index (χ4n) is 3.97. The first-order chi connectivity index (χ1) is 12.6. The summed E-state index contributed by atoms with van der Waals surface area (Å²) in [6.45, 7) is 1.39. The zero-order valence-corrected chi connectivity index (χ0v) is 16.0. The van der Waals surface area contributed by atoms with Crippen molar-refractivity contribution in [2.45, 2.75) is 13.0 Å². The van der Waals surface area contributed by atoms with Crippen molar-refractivity contribution >= 4 is 43.6 Å². The van der Waals surface area contributed by atoms with E-state index in [2.05, 4.69) is 37.6 Å². The van der Waals surface area contributed by atoms with Crippen LogP contribution in [0.2, 0.25) is 0 Å². The Morgan fingerprint density at radius 1 is 1.19 bits per heavy atom. The molecule has 1 aliphatic heterocycles. The summed E-state index contributed by atoms with van der Waals surface area (Å²) in [6, 6.07) is 14.2. The smallest absolute Gasteiger partial charge is 0.254 e. The van der Waals surface area contributed by atoms with E-state index in [1.54, 1.807) is 0 Å². The number of hydrogen-bond acceptors (Lipinski definition) is 1. The van der Waals surface area contributed by atoms with Gasteiger partial charge >= 0.3 is 0 Å². The largest absolute Gasteiger partial charge is 0.357 e. The molecular formula is C21H18BrN3O. The first kappa shape index (κ1) is 15.7. The minimum absolute atomic E-state index is 0.103. The number of aryl methyl sites for hydroxylation is 1. The number of aromatic amines is 1. The fraction of sp³-hybridized carbons (Fsp3) is 0.190. The molecular weight excluding hydrogens is 390 g/mol. The highest BCUT2D eigenvalue weighted by atomic mass is 79.9. The van der Waals surface area contributed by atoms with E-state index in [9.17, 15) is 4.79 Å². The molecule has 1 aliphatic rings. The molecule has 2 aromatic carbocycles. The number of halogens is 1. The number of aromatic nitrogens is 2. The van der Waals surface area contributed by atoms with E-state index in [4.69, 9.17) is 0 Å². The average Bonchev–Trinajstić information content (AvgIpc) is 3.22. The molecule has 26 heavy (non-hydrogen) atoms. The minimum Gasteiger partial charge on any atom is -0.357 e. The molecule has 4 nitrogen and oxygen atoms in total. The summed E-state index contributed by atoms with van der Waals surface area (Å²) in [5, 5.41) is 2.30. The Kier molecular flexibility index (Phi) is 3.47. The number of carbonyl (C=O) groups excluding carboxylic acids is 1. The van der Waals surface area contributed by atoms with Crippen LogP contribution in [0, 0.1) is 0 Å². The molecule has 0 radical (unpaired) electrons. The lowest BCUT2D eigenvalue weighted by atomic mass is 10.0. The van der Waals surface area contributed by atoms with Crippen LogP contribution in [0.15, 0.2) is 53.1 Å². The van der Waals surface area contributed by atoms with Crippen molar-refractivity contribution in [3.05, 3.63) is 70.0 Å². The van der Waals surface area contributed by atoms with Gasteiger partial charge in [-0.15, -0.1) is 0 Å². The van der Waals surface area contributed by atoms with Crippen LogP contribution in [0.25, 0.3) is 21.8 Å². The van der Waals surface area contributed by atoms with Crippen LogP contribution in [-0.4, -0.2) is 26.9 Å². The van der Waals surface area contributed by atoms with Crippen molar-refractivity contribution < 1.29 is 4.79 Å². The molecule has 1 amide bonds. The molecule has 0 aliphatic carbocycles. The molecule has 130 valence electrons. The topological polar surface area (TPSA) is 41.0 Å². The first-order valence-electron chi connectivity index (χ1n) is 8.74. The van der Waals surface area contributed by atoms with Crippen molar-refractivity contribution in [1.82, 2.24) is 14.5 Å². The highest BCUT2D eigenvalue weighted by Crippen LogP contribution is 2.32. The Bertz CT molecular complexity index is 1170. The predicted molar refractivity (Wildman–Crippen MR) is 107 cm³/mol. The van der Waals surface area contributed by atoms with Gasteiger partial charge in [0.25, 0.3) is 5.91 Å². The zero-order valence-electron chi connectivity index (χ0n) is 14.4. The van der Waals surface area contributed by atoms with Gasteiger partial charge in [0.15, 0.2) is 0 Å². The van der Waals surface area contributed by atoms with Gasteiger partial charge in [0.1, 0.15) is 0 Å². The number of para-hydroxylation sites is 1. The van der Waals surface area contributed by atoms with E-state index >= 15 is 0 Å². The number of rotatable bonds is 1. The third-order valence-corrected chi connectivity index (χ3v) is 6.04. The monoisotopic (exact) mass is 407 g/mol. The van der Waals surface area contributed by atoms with Gasteiger partial charge < -0.3 is 14.5 Å². The molecule has 0 bridgehead atoms. The molecule has 0 saturated carbocycles. The maximum Gasteiger partial charge on any atom is 0.254 e. The molecule has 0 atom stereocenters.